The number of hydrogen-bond donors (Lipinski definition) is 2. The van der Waals surface area contributed by atoms with Crippen LogP contribution in [0.1, 0.15) is 30.6 Å². The normalized spacial score (nSPS) is 13.8. The molecular formula is C12H14FIN2OS. The molecule has 6 heteroatoms. The number of amides is 1. The highest BCUT2D eigenvalue weighted by Crippen LogP contribution is 2.16. The highest BCUT2D eigenvalue weighted by atomic mass is 127. The van der Waals surface area contributed by atoms with Crippen LogP contribution < -0.4 is 11.1 Å². The maximum absolute atomic E-state index is 13.0. The van der Waals surface area contributed by atoms with E-state index >= 15 is 0 Å². The first kappa shape index (κ1) is 15.3. The highest BCUT2D eigenvalue weighted by molar-refractivity contribution is 14.1. The van der Waals surface area contributed by atoms with Crippen molar-refractivity contribution in [1.29, 1.82) is 0 Å². The summed E-state index contributed by atoms with van der Waals surface area (Å²) in [4.78, 5) is 12.3. The Morgan fingerprint density at radius 1 is 1.61 bits per heavy atom. The van der Waals surface area contributed by atoms with E-state index in [9.17, 15) is 9.18 Å². The molecule has 1 aromatic rings. The summed E-state index contributed by atoms with van der Waals surface area (Å²) >= 11 is 6.87. The van der Waals surface area contributed by atoms with E-state index in [-0.39, 0.29) is 16.7 Å². The van der Waals surface area contributed by atoms with Crippen LogP contribution in [0.3, 0.4) is 0 Å². The van der Waals surface area contributed by atoms with Gasteiger partial charge in [-0.3, -0.25) is 4.79 Å². The summed E-state index contributed by atoms with van der Waals surface area (Å²) in [5, 5.41) is 2.79. The molecule has 0 heterocycles. The first-order chi connectivity index (χ1) is 8.30. The molecule has 0 saturated heterocycles. The van der Waals surface area contributed by atoms with Crippen molar-refractivity contribution in [2.45, 2.75) is 25.8 Å². The molecule has 3 N–H and O–H groups in total. The minimum Gasteiger partial charge on any atom is -0.391 e. The van der Waals surface area contributed by atoms with Crippen LogP contribution in [-0.2, 0) is 0 Å². The number of carbonyl (C=O) groups excluding carboxylic acids is 1. The van der Waals surface area contributed by atoms with Crippen LogP contribution in [0.4, 0.5) is 4.39 Å². The smallest absolute Gasteiger partial charge is 0.253 e. The maximum Gasteiger partial charge on any atom is 0.253 e. The SMILES string of the molecule is CCC(C)(NC(=O)c1ccc(F)cc1I)C(N)=S. The van der Waals surface area contributed by atoms with E-state index in [0.29, 0.717) is 15.6 Å². The largest absolute Gasteiger partial charge is 0.391 e. The Morgan fingerprint density at radius 3 is 2.67 bits per heavy atom. The molecule has 0 radical (unpaired) electrons. The average Bonchev–Trinajstić information content (AvgIpc) is 2.28. The van der Waals surface area contributed by atoms with Crippen molar-refractivity contribution >= 4 is 45.7 Å². The molecule has 0 fully saturated rings. The third kappa shape index (κ3) is 3.38. The lowest BCUT2D eigenvalue weighted by Crippen LogP contribution is -2.54. The van der Waals surface area contributed by atoms with Crippen LogP contribution in [0.15, 0.2) is 18.2 Å². The molecule has 18 heavy (non-hydrogen) atoms. The summed E-state index contributed by atoms with van der Waals surface area (Å²) < 4.78 is 13.5. The molecule has 1 rings (SSSR count). The van der Waals surface area contributed by atoms with Crippen molar-refractivity contribution in [2.24, 2.45) is 5.73 Å². The predicted molar refractivity (Wildman–Crippen MR) is 82.1 cm³/mol. The number of rotatable bonds is 4. The Kier molecular flexibility index (Phi) is 5.03. The zero-order valence-electron chi connectivity index (χ0n) is 10.1. The van der Waals surface area contributed by atoms with Gasteiger partial charge in [-0.05, 0) is 54.1 Å². The van der Waals surface area contributed by atoms with E-state index in [1.54, 1.807) is 6.92 Å². The van der Waals surface area contributed by atoms with Gasteiger partial charge in [0.05, 0.1) is 16.1 Å². The van der Waals surface area contributed by atoms with Crippen LogP contribution in [-0.4, -0.2) is 16.4 Å². The lowest BCUT2D eigenvalue weighted by atomic mass is 9.98. The molecule has 0 spiro atoms. The molecular weight excluding hydrogens is 366 g/mol. The summed E-state index contributed by atoms with van der Waals surface area (Å²) in [7, 11) is 0. The first-order valence-electron chi connectivity index (χ1n) is 5.37. The van der Waals surface area contributed by atoms with Gasteiger partial charge in [-0.25, -0.2) is 4.39 Å². The third-order valence-corrected chi connectivity index (χ3v) is 4.16. The monoisotopic (exact) mass is 380 g/mol. The molecule has 0 saturated carbocycles. The Bertz CT molecular complexity index is 495. The Balaban J connectivity index is 2.98. The second-order valence-corrected chi connectivity index (χ2v) is 5.73. The maximum atomic E-state index is 13.0. The van der Waals surface area contributed by atoms with Crippen LogP contribution >= 0.6 is 34.8 Å². The van der Waals surface area contributed by atoms with Crippen LogP contribution in [0.2, 0.25) is 0 Å². The second kappa shape index (κ2) is 5.92. The zero-order valence-corrected chi connectivity index (χ0v) is 13.1. The third-order valence-electron chi connectivity index (χ3n) is 2.82. The first-order valence-corrected chi connectivity index (χ1v) is 6.86. The Morgan fingerprint density at radius 2 is 2.22 bits per heavy atom. The van der Waals surface area contributed by atoms with Gasteiger partial charge in [0.15, 0.2) is 0 Å². The van der Waals surface area contributed by atoms with Crippen LogP contribution in [0.5, 0.6) is 0 Å². The number of nitrogens with one attached hydrogen (secondary N) is 1. The lowest BCUT2D eigenvalue weighted by Gasteiger charge is -2.28. The quantitative estimate of drug-likeness (QED) is 0.624. The van der Waals surface area contributed by atoms with E-state index in [1.165, 1.54) is 18.2 Å². The van der Waals surface area contributed by atoms with Gasteiger partial charge >= 0.3 is 0 Å². The zero-order chi connectivity index (χ0) is 13.9. The molecule has 1 atom stereocenters. The van der Waals surface area contributed by atoms with Crippen molar-refractivity contribution in [3.8, 4) is 0 Å². The summed E-state index contributed by atoms with van der Waals surface area (Å²) in [6, 6.07) is 4.00. The van der Waals surface area contributed by atoms with Gasteiger partial charge in [0.25, 0.3) is 5.91 Å². The topological polar surface area (TPSA) is 55.1 Å². The molecule has 1 amide bonds. The Hall–Kier alpha value is -0.760. The van der Waals surface area contributed by atoms with E-state index in [2.05, 4.69) is 5.32 Å². The lowest BCUT2D eigenvalue weighted by molar-refractivity contribution is 0.0925. The average molecular weight is 380 g/mol. The summed E-state index contributed by atoms with van der Waals surface area (Å²) in [6.07, 6.45) is 0.589. The van der Waals surface area contributed by atoms with Crippen molar-refractivity contribution < 1.29 is 9.18 Å². The number of carbonyl (C=O) groups is 1. The second-order valence-electron chi connectivity index (χ2n) is 4.13. The van der Waals surface area contributed by atoms with Crippen molar-refractivity contribution in [3.63, 3.8) is 0 Å². The fourth-order valence-electron chi connectivity index (χ4n) is 1.32. The molecule has 0 aliphatic heterocycles. The number of hydrogen-bond acceptors (Lipinski definition) is 2. The van der Waals surface area contributed by atoms with E-state index in [0.717, 1.165) is 0 Å². The van der Waals surface area contributed by atoms with Gasteiger partial charge in [0.2, 0.25) is 0 Å². The van der Waals surface area contributed by atoms with Crippen LogP contribution in [0.25, 0.3) is 0 Å². The highest BCUT2D eigenvalue weighted by Gasteiger charge is 2.28. The van der Waals surface area contributed by atoms with E-state index in [4.69, 9.17) is 18.0 Å². The fourth-order valence-corrected chi connectivity index (χ4v) is 2.23. The van der Waals surface area contributed by atoms with Crippen molar-refractivity contribution in [1.82, 2.24) is 5.32 Å². The van der Waals surface area contributed by atoms with E-state index in [1.807, 2.05) is 29.5 Å². The van der Waals surface area contributed by atoms with Crippen molar-refractivity contribution in [3.05, 3.63) is 33.1 Å². The van der Waals surface area contributed by atoms with Gasteiger partial charge in [-0.1, -0.05) is 19.1 Å². The van der Waals surface area contributed by atoms with Gasteiger partial charge in [-0.15, -0.1) is 0 Å². The standard InChI is InChI=1S/C12H14FIN2OS/c1-3-12(2,11(15)18)16-10(17)8-5-4-7(13)6-9(8)14/h4-6H,3H2,1-2H3,(H2,15,18)(H,16,17). The Labute approximate surface area is 124 Å². The van der Waals surface area contributed by atoms with E-state index < -0.39 is 5.54 Å². The van der Waals surface area contributed by atoms with Gasteiger partial charge in [0.1, 0.15) is 5.82 Å². The fraction of sp³-hybridized carbons (Fsp3) is 0.333. The molecule has 0 aliphatic carbocycles. The van der Waals surface area contributed by atoms with Crippen molar-refractivity contribution in [2.75, 3.05) is 0 Å². The van der Waals surface area contributed by atoms with Crippen LogP contribution in [0, 0.1) is 9.39 Å². The minimum atomic E-state index is -0.732. The molecule has 0 aliphatic rings. The minimum absolute atomic E-state index is 0.232. The van der Waals surface area contributed by atoms with Gasteiger partial charge in [0, 0.05) is 3.57 Å². The molecule has 98 valence electrons. The molecule has 1 unspecified atom stereocenters. The summed E-state index contributed by atoms with van der Waals surface area (Å²) in [5.74, 6) is -0.680. The molecule has 0 bridgehead atoms. The number of benzene rings is 1. The van der Waals surface area contributed by atoms with Gasteiger partial charge < -0.3 is 11.1 Å². The molecule has 0 aromatic heterocycles. The van der Waals surface area contributed by atoms with Gasteiger partial charge in [-0.2, -0.15) is 0 Å². The number of nitrogens with two attached hydrogens (primary N) is 1. The summed E-state index contributed by atoms with van der Waals surface area (Å²) in [6.45, 7) is 3.65. The number of halogens is 2. The number of thiocarbonyl (C=S) groups is 1. The summed E-state index contributed by atoms with van der Waals surface area (Å²) in [5.41, 5.74) is 5.30. The predicted octanol–water partition coefficient (Wildman–Crippen LogP) is 2.61. The molecule has 3 nitrogen and oxygen atoms in total. The molecule has 1 aromatic carbocycles.